The van der Waals surface area contributed by atoms with Crippen LogP contribution in [0.1, 0.15) is 33.5 Å². The predicted molar refractivity (Wildman–Crippen MR) is 149 cm³/mol. The largest absolute Gasteiger partial charge is 0.338 e. The molecule has 0 saturated carbocycles. The number of likely N-dealkylation sites (tertiary alicyclic amines) is 1. The molecular formula is C31H37N5O2. The van der Waals surface area contributed by atoms with Crippen molar-refractivity contribution in [1.29, 1.82) is 0 Å². The van der Waals surface area contributed by atoms with E-state index in [2.05, 4.69) is 70.7 Å². The smallest absolute Gasteiger partial charge is 0.256 e. The number of hydrogen-bond acceptors (Lipinski definition) is 5. The molecule has 2 aromatic carbocycles. The van der Waals surface area contributed by atoms with Crippen LogP contribution in [-0.4, -0.2) is 82.9 Å². The summed E-state index contributed by atoms with van der Waals surface area (Å²) in [6, 6.07) is 22.3. The molecule has 3 heterocycles. The molecule has 0 radical (unpaired) electrons. The highest BCUT2D eigenvalue weighted by Crippen LogP contribution is 2.28. The van der Waals surface area contributed by atoms with Gasteiger partial charge in [0.1, 0.15) is 6.04 Å². The fourth-order valence-corrected chi connectivity index (χ4v) is 5.52. The van der Waals surface area contributed by atoms with Gasteiger partial charge in [0.25, 0.3) is 5.91 Å². The molecule has 1 aromatic heterocycles. The molecule has 2 amide bonds. The first-order valence-electron chi connectivity index (χ1n) is 13.6. The third-order valence-corrected chi connectivity index (χ3v) is 7.72. The van der Waals surface area contributed by atoms with Gasteiger partial charge in [-0.15, -0.1) is 0 Å². The second-order valence-corrected chi connectivity index (χ2v) is 10.4. The molecule has 7 nitrogen and oxygen atoms in total. The molecule has 2 fully saturated rings. The Morgan fingerprint density at radius 3 is 2.45 bits per heavy atom. The first kappa shape index (κ1) is 26.1. The maximum Gasteiger partial charge on any atom is 0.256 e. The van der Waals surface area contributed by atoms with Gasteiger partial charge in [-0.05, 0) is 43.0 Å². The van der Waals surface area contributed by atoms with Crippen LogP contribution < -0.4 is 5.32 Å². The zero-order chi connectivity index (χ0) is 26.3. The number of rotatable bonds is 8. The average Bonchev–Trinajstić information content (AvgIpc) is 3.42. The molecule has 2 aliphatic rings. The standard InChI is InChI=1S/C31H37N5O2/c1-24-9-11-26(12-10-24)22-35(17-13-25-6-3-2-4-7-25)28-20-29(31(38)34-18-15-32-16-19-34)36(23-28)30(37)27-8-5-14-33-21-27/h2-12,14,21,28-29,32H,13,15-20,22-23H2,1H3. The van der Waals surface area contributed by atoms with Crippen molar-refractivity contribution in [2.75, 3.05) is 39.3 Å². The van der Waals surface area contributed by atoms with Crippen LogP contribution in [0.4, 0.5) is 0 Å². The quantitative estimate of drug-likeness (QED) is 0.503. The van der Waals surface area contributed by atoms with E-state index < -0.39 is 6.04 Å². The summed E-state index contributed by atoms with van der Waals surface area (Å²) >= 11 is 0. The minimum atomic E-state index is -0.469. The van der Waals surface area contributed by atoms with Crippen molar-refractivity contribution in [1.82, 2.24) is 25.0 Å². The summed E-state index contributed by atoms with van der Waals surface area (Å²) in [5, 5.41) is 3.32. The van der Waals surface area contributed by atoms with Gasteiger partial charge in [0.15, 0.2) is 0 Å². The zero-order valence-corrected chi connectivity index (χ0v) is 22.1. The molecule has 2 unspecified atom stereocenters. The van der Waals surface area contributed by atoms with Gasteiger partial charge in [-0.3, -0.25) is 19.5 Å². The Balaban J connectivity index is 1.40. The summed E-state index contributed by atoms with van der Waals surface area (Å²) < 4.78 is 0. The summed E-state index contributed by atoms with van der Waals surface area (Å²) in [5.74, 6) is -0.0583. The first-order valence-corrected chi connectivity index (χ1v) is 13.6. The lowest BCUT2D eigenvalue weighted by atomic mass is 10.1. The number of aryl methyl sites for hydroxylation is 1. The third kappa shape index (κ3) is 6.29. The van der Waals surface area contributed by atoms with E-state index >= 15 is 0 Å². The maximum absolute atomic E-state index is 13.8. The van der Waals surface area contributed by atoms with E-state index in [0.717, 1.165) is 32.6 Å². The van der Waals surface area contributed by atoms with Crippen LogP contribution in [0.15, 0.2) is 79.1 Å². The van der Waals surface area contributed by atoms with E-state index in [1.165, 1.54) is 16.7 Å². The second kappa shape index (κ2) is 12.3. The number of nitrogens with zero attached hydrogens (tertiary/aromatic N) is 4. The van der Waals surface area contributed by atoms with Gasteiger partial charge in [0.2, 0.25) is 5.91 Å². The zero-order valence-electron chi connectivity index (χ0n) is 22.1. The monoisotopic (exact) mass is 511 g/mol. The molecule has 7 heteroatoms. The Kier molecular flexibility index (Phi) is 8.46. The Morgan fingerprint density at radius 2 is 1.74 bits per heavy atom. The van der Waals surface area contributed by atoms with Gasteiger partial charge in [-0.1, -0.05) is 60.2 Å². The number of hydrogen-bond donors (Lipinski definition) is 1. The van der Waals surface area contributed by atoms with Gasteiger partial charge >= 0.3 is 0 Å². The van der Waals surface area contributed by atoms with Crippen LogP contribution in [0.25, 0.3) is 0 Å². The summed E-state index contributed by atoms with van der Waals surface area (Å²) in [5.41, 5.74) is 4.29. The summed E-state index contributed by atoms with van der Waals surface area (Å²) in [4.78, 5) is 37.8. The predicted octanol–water partition coefficient (Wildman–Crippen LogP) is 3.15. The van der Waals surface area contributed by atoms with Crippen molar-refractivity contribution in [3.05, 3.63) is 101 Å². The van der Waals surface area contributed by atoms with Crippen molar-refractivity contribution in [3.8, 4) is 0 Å². The lowest BCUT2D eigenvalue weighted by Gasteiger charge is -2.32. The average molecular weight is 512 g/mol. The fraction of sp³-hybridized carbons (Fsp3) is 0.387. The lowest BCUT2D eigenvalue weighted by Crippen LogP contribution is -2.53. The minimum Gasteiger partial charge on any atom is -0.338 e. The van der Waals surface area contributed by atoms with Crippen LogP contribution in [-0.2, 0) is 17.8 Å². The van der Waals surface area contributed by atoms with Gasteiger partial charge in [-0.25, -0.2) is 0 Å². The number of pyridine rings is 1. The molecular weight excluding hydrogens is 474 g/mol. The van der Waals surface area contributed by atoms with Crippen LogP contribution in [0.2, 0.25) is 0 Å². The highest BCUT2D eigenvalue weighted by Gasteiger charge is 2.43. The number of amides is 2. The Hall–Kier alpha value is -3.55. The molecule has 2 atom stereocenters. The van der Waals surface area contributed by atoms with E-state index in [1.54, 1.807) is 29.4 Å². The molecule has 1 N–H and O–H groups in total. The summed E-state index contributed by atoms with van der Waals surface area (Å²) in [7, 11) is 0. The second-order valence-electron chi connectivity index (χ2n) is 10.4. The van der Waals surface area contributed by atoms with Gasteiger partial charge in [-0.2, -0.15) is 0 Å². The molecule has 2 aliphatic heterocycles. The van der Waals surface area contributed by atoms with Crippen molar-refractivity contribution in [2.24, 2.45) is 0 Å². The molecule has 198 valence electrons. The Labute approximate surface area is 225 Å². The van der Waals surface area contributed by atoms with Crippen molar-refractivity contribution in [3.63, 3.8) is 0 Å². The van der Waals surface area contributed by atoms with E-state index in [9.17, 15) is 9.59 Å². The third-order valence-electron chi connectivity index (χ3n) is 7.72. The lowest BCUT2D eigenvalue weighted by molar-refractivity contribution is -0.135. The van der Waals surface area contributed by atoms with Gasteiger partial charge in [0.05, 0.1) is 5.56 Å². The van der Waals surface area contributed by atoms with Crippen LogP contribution in [0.3, 0.4) is 0 Å². The van der Waals surface area contributed by atoms with E-state index in [1.807, 2.05) is 11.0 Å². The molecule has 5 rings (SSSR count). The molecule has 3 aromatic rings. The SMILES string of the molecule is Cc1ccc(CN(CCc2ccccc2)C2CC(C(=O)N3CCNCC3)N(C(=O)c3cccnc3)C2)cc1. The Bertz CT molecular complexity index is 1200. The molecule has 0 spiro atoms. The van der Waals surface area contributed by atoms with Crippen LogP contribution in [0.5, 0.6) is 0 Å². The number of carbonyl (C=O) groups is 2. The number of carbonyl (C=O) groups excluding carboxylic acids is 2. The summed E-state index contributed by atoms with van der Waals surface area (Å²) in [6.45, 7) is 7.18. The normalized spacial score (nSPS) is 19.6. The van der Waals surface area contributed by atoms with Crippen LogP contribution >= 0.6 is 0 Å². The minimum absolute atomic E-state index is 0.0598. The van der Waals surface area contributed by atoms with Crippen molar-refractivity contribution < 1.29 is 9.59 Å². The number of nitrogens with one attached hydrogen (secondary N) is 1. The first-order chi connectivity index (χ1) is 18.6. The Morgan fingerprint density at radius 1 is 0.974 bits per heavy atom. The summed E-state index contributed by atoms with van der Waals surface area (Å²) in [6.07, 6.45) is 4.81. The van der Waals surface area contributed by atoms with Gasteiger partial charge < -0.3 is 15.1 Å². The van der Waals surface area contributed by atoms with E-state index in [-0.39, 0.29) is 17.9 Å². The van der Waals surface area contributed by atoms with E-state index in [4.69, 9.17) is 0 Å². The van der Waals surface area contributed by atoms with Crippen molar-refractivity contribution >= 4 is 11.8 Å². The van der Waals surface area contributed by atoms with Crippen LogP contribution in [0, 0.1) is 6.92 Å². The van der Waals surface area contributed by atoms with Gasteiger partial charge in [0, 0.05) is 64.2 Å². The topological polar surface area (TPSA) is 68.8 Å². The number of aromatic nitrogens is 1. The van der Waals surface area contributed by atoms with Crippen molar-refractivity contribution in [2.45, 2.75) is 38.4 Å². The highest BCUT2D eigenvalue weighted by atomic mass is 16.2. The number of piperazine rings is 1. The highest BCUT2D eigenvalue weighted by molar-refractivity contribution is 5.97. The van der Waals surface area contributed by atoms with E-state index in [0.29, 0.717) is 31.6 Å². The number of benzene rings is 2. The molecule has 0 aliphatic carbocycles. The molecule has 38 heavy (non-hydrogen) atoms. The maximum atomic E-state index is 13.8. The molecule has 0 bridgehead atoms. The fourth-order valence-electron chi connectivity index (χ4n) is 5.52. The molecule has 2 saturated heterocycles.